The Kier molecular flexibility index (Phi) is 6.75. The van der Waals surface area contributed by atoms with Crippen molar-refractivity contribution >= 4 is 17.6 Å². The Morgan fingerprint density at radius 1 is 0.719 bits per heavy atom. The van der Waals surface area contributed by atoms with Gasteiger partial charge in [0.2, 0.25) is 5.91 Å². The lowest BCUT2D eigenvalue weighted by Gasteiger charge is -2.34. The molecule has 3 aromatic rings. The molecule has 1 aliphatic heterocycles. The number of ketones is 1. The zero-order chi connectivity index (χ0) is 22.3. The van der Waals surface area contributed by atoms with Crippen LogP contribution in [0.2, 0.25) is 0 Å². The molecule has 1 saturated heterocycles. The third-order valence-corrected chi connectivity index (χ3v) is 5.93. The Bertz CT molecular complexity index is 1060. The smallest absolute Gasteiger partial charge is 0.252 e. The molecule has 0 bridgehead atoms. The van der Waals surface area contributed by atoms with Gasteiger partial charge >= 0.3 is 0 Å². The minimum atomic E-state index is -0.773. The highest BCUT2D eigenvalue weighted by Crippen LogP contribution is 2.25. The standard InChI is InChI=1S/C27H26N2O3/c30-25(21-12-6-2-7-13-21)22-16-18-29(19-17-22)27(32)24(20-10-4-1-5-11-20)28-26(31)23-14-8-3-9-15-23/h1-15,22,24H,16-19H2,(H,28,31). The molecule has 2 amide bonds. The largest absolute Gasteiger partial charge is 0.341 e. The van der Waals surface area contributed by atoms with Crippen LogP contribution in [0.3, 0.4) is 0 Å². The second-order valence-electron chi connectivity index (χ2n) is 8.01. The Morgan fingerprint density at radius 3 is 1.78 bits per heavy atom. The average Bonchev–Trinajstić information content (AvgIpc) is 2.88. The van der Waals surface area contributed by atoms with Gasteiger partial charge in [-0.25, -0.2) is 0 Å². The van der Waals surface area contributed by atoms with Gasteiger partial charge in [0.25, 0.3) is 5.91 Å². The van der Waals surface area contributed by atoms with Gasteiger partial charge in [-0.2, -0.15) is 0 Å². The highest BCUT2D eigenvalue weighted by atomic mass is 16.2. The summed E-state index contributed by atoms with van der Waals surface area (Å²) in [6.07, 6.45) is 1.24. The van der Waals surface area contributed by atoms with Gasteiger partial charge in [0, 0.05) is 30.1 Å². The summed E-state index contributed by atoms with van der Waals surface area (Å²) in [6, 6.07) is 26.7. The summed E-state index contributed by atoms with van der Waals surface area (Å²) in [5, 5.41) is 2.91. The Balaban J connectivity index is 1.46. The van der Waals surface area contributed by atoms with Gasteiger partial charge < -0.3 is 10.2 Å². The van der Waals surface area contributed by atoms with Crippen LogP contribution in [0.5, 0.6) is 0 Å². The van der Waals surface area contributed by atoms with Gasteiger partial charge in [-0.3, -0.25) is 14.4 Å². The van der Waals surface area contributed by atoms with E-state index in [0.29, 0.717) is 31.5 Å². The minimum absolute atomic E-state index is 0.0875. The third-order valence-electron chi connectivity index (χ3n) is 5.93. The maximum atomic E-state index is 13.4. The molecule has 5 nitrogen and oxygen atoms in total. The molecule has 0 aromatic heterocycles. The number of likely N-dealkylation sites (tertiary alicyclic amines) is 1. The van der Waals surface area contributed by atoms with E-state index >= 15 is 0 Å². The molecule has 1 fully saturated rings. The Hall–Kier alpha value is -3.73. The average molecular weight is 427 g/mol. The zero-order valence-corrected chi connectivity index (χ0v) is 17.8. The first kappa shape index (κ1) is 21.5. The van der Waals surface area contributed by atoms with Crippen LogP contribution in [0.15, 0.2) is 91.0 Å². The van der Waals surface area contributed by atoms with E-state index in [0.717, 1.165) is 11.1 Å². The zero-order valence-electron chi connectivity index (χ0n) is 17.8. The molecule has 1 atom stereocenters. The SMILES string of the molecule is O=C(NC(C(=O)N1CCC(C(=O)c2ccccc2)CC1)c1ccccc1)c1ccccc1. The molecule has 162 valence electrons. The van der Waals surface area contributed by atoms with Crippen LogP contribution >= 0.6 is 0 Å². The lowest BCUT2D eigenvalue weighted by Crippen LogP contribution is -2.46. The molecule has 5 heteroatoms. The summed E-state index contributed by atoms with van der Waals surface area (Å²) >= 11 is 0. The summed E-state index contributed by atoms with van der Waals surface area (Å²) in [4.78, 5) is 40.8. The van der Waals surface area contributed by atoms with E-state index in [1.54, 1.807) is 29.2 Å². The highest BCUT2D eigenvalue weighted by Gasteiger charge is 2.32. The number of carbonyl (C=O) groups excluding carboxylic acids is 3. The van der Waals surface area contributed by atoms with Gasteiger partial charge in [-0.15, -0.1) is 0 Å². The van der Waals surface area contributed by atoms with Crippen molar-refractivity contribution in [3.8, 4) is 0 Å². The number of benzene rings is 3. The summed E-state index contributed by atoms with van der Waals surface area (Å²) in [6.45, 7) is 0.985. The topological polar surface area (TPSA) is 66.5 Å². The summed E-state index contributed by atoms with van der Waals surface area (Å²) < 4.78 is 0. The molecule has 32 heavy (non-hydrogen) atoms. The molecular formula is C27H26N2O3. The number of hydrogen-bond donors (Lipinski definition) is 1. The van der Waals surface area contributed by atoms with E-state index in [4.69, 9.17) is 0 Å². The Labute approximate surface area is 188 Å². The number of hydrogen-bond acceptors (Lipinski definition) is 3. The predicted octanol–water partition coefficient (Wildman–Crippen LogP) is 4.28. The molecule has 1 N–H and O–H groups in total. The predicted molar refractivity (Wildman–Crippen MR) is 123 cm³/mol. The number of Topliss-reactive ketones (excluding diaryl/α,β-unsaturated/α-hetero) is 1. The lowest BCUT2D eigenvalue weighted by atomic mass is 9.88. The minimum Gasteiger partial charge on any atom is -0.341 e. The van der Waals surface area contributed by atoms with E-state index < -0.39 is 6.04 Å². The molecule has 3 aromatic carbocycles. The van der Waals surface area contributed by atoms with E-state index in [-0.39, 0.29) is 23.5 Å². The Morgan fingerprint density at radius 2 is 1.22 bits per heavy atom. The van der Waals surface area contributed by atoms with Crippen molar-refractivity contribution < 1.29 is 14.4 Å². The van der Waals surface area contributed by atoms with Crippen LogP contribution < -0.4 is 5.32 Å². The molecule has 1 aliphatic rings. The fraction of sp³-hybridized carbons (Fsp3) is 0.222. The maximum Gasteiger partial charge on any atom is 0.252 e. The number of nitrogens with one attached hydrogen (secondary N) is 1. The van der Waals surface area contributed by atoms with E-state index in [2.05, 4.69) is 5.32 Å². The second-order valence-corrected chi connectivity index (χ2v) is 8.01. The summed E-state index contributed by atoms with van der Waals surface area (Å²) in [5.41, 5.74) is 1.97. The first-order chi connectivity index (χ1) is 15.6. The number of nitrogens with zero attached hydrogens (tertiary/aromatic N) is 1. The summed E-state index contributed by atoms with van der Waals surface area (Å²) in [7, 11) is 0. The van der Waals surface area contributed by atoms with E-state index in [1.807, 2.05) is 66.7 Å². The molecule has 0 radical (unpaired) electrons. The van der Waals surface area contributed by atoms with E-state index in [1.165, 1.54) is 0 Å². The maximum absolute atomic E-state index is 13.4. The van der Waals surface area contributed by atoms with Gasteiger partial charge in [0.05, 0.1) is 0 Å². The molecule has 1 heterocycles. The van der Waals surface area contributed by atoms with Crippen molar-refractivity contribution in [1.29, 1.82) is 0 Å². The van der Waals surface area contributed by atoms with E-state index in [9.17, 15) is 14.4 Å². The van der Waals surface area contributed by atoms with Crippen molar-refractivity contribution in [2.45, 2.75) is 18.9 Å². The fourth-order valence-electron chi connectivity index (χ4n) is 4.12. The number of amides is 2. The van der Waals surface area contributed by atoms with Crippen molar-refractivity contribution in [3.63, 3.8) is 0 Å². The second kappa shape index (κ2) is 10.1. The van der Waals surface area contributed by atoms with Gasteiger partial charge in [0.15, 0.2) is 5.78 Å². The third kappa shape index (κ3) is 4.94. The van der Waals surface area contributed by atoms with Gasteiger partial charge in [-0.1, -0.05) is 78.9 Å². The van der Waals surface area contributed by atoms with Crippen molar-refractivity contribution in [2.24, 2.45) is 5.92 Å². The first-order valence-corrected chi connectivity index (χ1v) is 10.9. The van der Waals surface area contributed by atoms with Crippen LogP contribution in [0.4, 0.5) is 0 Å². The number of rotatable bonds is 6. The molecule has 0 spiro atoms. The molecule has 4 rings (SSSR count). The first-order valence-electron chi connectivity index (χ1n) is 10.9. The van der Waals surface area contributed by atoms with Gasteiger partial charge in [0.1, 0.15) is 6.04 Å². The quantitative estimate of drug-likeness (QED) is 0.599. The summed E-state index contributed by atoms with van der Waals surface area (Å²) in [5.74, 6) is -0.391. The van der Waals surface area contributed by atoms with Crippen LogP contribution in [0.25, 0.3) is 0 Å². The monoisotopic (exact) mass is 426 g/mol. The van der Waals surface area contributed by atoms with Crippen LogP contribution in [0.1, 0.15) is 45.2 Å². The normalized spacial score (nSPS) is 15.1. The molecule has 0 aliphatic carbocycles. The van der Waals surface area contributed by atoms with Crippen molar-refractivity contribution in [1.82, 2.24) is 10.2 Å². The van der Waals surface area contributed by atoms with Crippen molar-refractivity contribution in [3.05, 3.63) is 108 Å². The molecular weight excluding hydrogens is 400 g/mol. The van der Waals surface area contributed by atoms with Crippen LogP contribution in [-0.2, 0) is 4.79 Å². The molecule has 1 unspecified atom stereocenters. The fourth-order valence-corrected chi connectivity index (χ4v) is 4.12. The lowest BCUT2D eigenvalue weighted by molar-refractivity contribution is -0.134. The number of carbonyl (C=O) groups is 3. The van der Waals surface area contributed by atoms with Crippen molar-refractivity contribution in [2.75, 3.05) is 13.1 Å². The van der Waals surface area contributed by atoms with Crippen LogP contribution in [0, 0.1) is 5.92 Å². The number of piperidine rings is 1. The highest BCUT2D eigenvalue weighted by molar-refractivity contribution is 5.99. The van der Waals surface area contributed by atoms with Crippen LogP contribution in [-0.4, -0.2) is 35.6 Å². The van der Waals surface area contributed by atoms with Gasteiger partial charge in [-0.05, 0) is 30.5 Å². The molecule has 0 saturated carbocycles.